The van der Waals surface area contributed by atoms with Crippen molar-refractivity contribution in [2.24, 2.45) is 11.7 Å². The molecule has 3 amide bonds. The van der Waals surface area contributed by atoms with Crippen LogP contribution in [0.1, 0.15) is 77.2 Å². The Bertz CT molecular complexity index is 2140. The zero-order valence-corrected chi connectivity index (χ0v) is 31.7. The van der Waals surface area contributed by atoms with E-state index in [1.54, 1.807) is 32.1 Å². The standard InChI is InChI=1S/C39H44FN5O6S.CH4O/c1-24-11-6-4-3-5-7-15-29(41)35(47)44-23-38(22-31(44)34(46)43-39(24)36(48)45(39)52(49,50)37(2)19-20-37)18-17-28-27-14-8-9-16-30(27)42-32(33(28)51-38)25-12-10-13-26(40)21-25;1-2/h6,8-14,16,21,24,29,31H,3-5,7,15,17-20,22-23,41H2,1-2H3,(H,43,46);2H,1H3/b11-6-;/t24-,29-,31?,38+,39-,45?;/m0./s1. The van der Waals surface area contributed by atoms with Crippen molar-refractivity contribution in [3.05, 3.63) is 72.1 Å². The fraction of sp³-hybridized carbons (Fsp3) is 0.500. The Labute approximate surface area is 315 Å². The minimum atomic E-state index is -4.07. The monoisotopic (exact) mass is 761 g/mol. The van der Waals surface area contributed by atoms with Crippen LogP contribution in [0.15, 0.2) is 60.7 Å². The molecular weight excluding hydrogens is 714 g/mol. The second-order valence-electron chi connectivity index (χ2n) is 15.5. The first-order valence-electron chi connectivity index (χ1n) is 18.8. The van der Waals surface area contributed by atoms with E-state index in [0.29, 0.717) is 55.5 Å². The maximum absolute atomic E-state index is 14.6. The lowest BCUT2D eigenvalue weighted by molar-refractivity contribution is -0.140. The number of carbonyl (C=O) groups is 3. The van der Waals surface area contributed by atoms with Gasteiger partial charge in [-0.3, -0.25) is 14.4 Å². The summed E-state index contributed by atoms with van der Waals surface area (Å²) < 4.78 is 48.8. The fourth-order valence-corrected chi connectivity index (χ4v) is 10.4. The molecule has 5 aliphatic rings. The molecule has 54 heavy (non-hydrogen) atoms. The van der Waals surface area contributed by atoms with E-state index in [9.17, 15) is 27.2 Å². The molecule has 0 bridgehead atoms. The van der Waals surface area contributed by atoms with E-state index >= 15 is 0 Å². The molecule has 5 heterocycles. The number of nitrogens with two attached hydrogens (primary N) is 1. The average molecular weight is 762 g/mol. The highest BCUT2D eigenvalue weighted by Gasteiger charge is 2.76. The number of hydrogen-bond donors (Lipinski definition) is 3. The number of rotatable bonds is 3. The molecule has 288 valence electrons. The number of ether oxygens (including phenoxy) is 1. The highest BCUT2D eigenvalue weighted by molar-refractivity contribution is 7.91. The number of benzene rings is 2. The Morgan fingerprint density at radius 1 is 1.04 bits per heavy atom. The van der Waals surface area contributed by atoms with Crippen LogP contribution in [0.4, 0.5) is 4.39 Å². The van der Waals surface area contributed by atoms with E-state index in [4.69, 9.17) is 20.6 Å². The number of aliphatic hydroxyl groups is 1. The fourth-order valence-electron chi connectivity index (χ4n) is 8.36. The predicted octanol–water partition coefficient (Wildman–Crippen LogP) is 4.33. The molecular formula is C40H48FN5O7S. The number of para-hydroxylation sites is 1. The summed E-state index contributed by atoms with van der Waals surface area (Å²) in [5.41, 5.74) is 6.30. The molecule has 1 unspecified atom stereocenters. The highest BCUT2D eigenvalue weighted by Crippen LogP contribution is 2.53. The lowest BCUT2D eigenvalue weighted by Gasteiger charge is -2.37. The van der Waals surface area contributed by atoms with Crippen LogP contribution in [0.2, 0.25) is 0 Å². The van der Waals surface area contributed by atoms with Gasteiger partial charge in [-0.25, -0.2) is 22.1 Å². The van der Waals surface area contributed by atoms with Crippen molar-refractivity contribution in [1.82, 2.24) is 19.5 Å². The van der Waals surface area contributed by atoms with Crippen LogP contribution < -0.4 is 15.8 Å². The number of aliphatic hydroxyl groups excluding tert-OH is 1. The van der Waals surface area contributed by atoms with Crippen molar-refractivity contribution >= 4 is 38.6 Å². The Morgan fingerprint density at radius 3 is 2.54 bits per heavy atom. The molecule has 1 aliphatic carbocycles. The Hall–Kier alpha value is -4.40. The first-order chi connectivity index (χ1) is 25.8. The molecule has 0 radical (unpaired) electrons. The zero-order chi connectivity index (χ0) is 38.6. The number of aryl methyl sites for hydroxylation is 1. The van der Waals surface area contributed by atoms with Gasteiger partial charge < -0.3 is 25.8 Å². The van der Waals surface area contributed by atoms with E-state index in [1.165, 1.54) is 17.0 Å². The van der Waals surface area contributed by atoms with Crippen LogP contribution in [0.5, 0.6) is 5.75 Å². The normalized spacial score (nSPS) is 30.0. The molecule has 2 saturated heterocycles. The van der Waals surface area contributed by atoms with Gasteiger partial charge in [-0.05, 0) is 70.1 Å². The summed E-state index contributed by atoms with van der Waals surface area (Å²) in [6.07, 6.45) is 9.19. The quantitative estimate of drug-likeness (QED) is 0.260. The minimum absolute atomic E-state index is 0.0446. The third kappa shape index (κ3) is 6.25. The Kier molecular flexibility index (Phi) is 9.84. The molecule has 12 nitrogen and oxygen atoms in total. The van der Waals surface area contributed by atoms with Crippen molar-refractivity contribution < 1.29 is 37.0 Å². The van der Waals surface area contributed by atoms with Gasteiger partial charge in [0.1, 0.15) is 28.9 Å². The number of allylic oxidation sites excluding steroid dienone is 1. The van der Waals surface area contributed by atoms with E-state index in [-0.39, 0.29) is 13.0 Å². The van der Waals surface area contributed by atoms with Crippen molar-refractivity contribution in [2.45, 2.75) is 106 Å². The van der Waals surface area contributed by atoms with E-state index in [1.807, 2.05) is 30.3 Å². The van der Waals surface area contributed by atoms with E-state index in [2.05, 4.69) is 5.32 Å². The number of amides is 3. The van der Waals surface area contributed by atoms with Crippen LogP contribution in [0.25, 0.3) is 22.2 Å². The van der Waals surface area contributed by atoms with Gasteiger partial charge in [0.25, 0.3) is 5.91 Å². The summed E-state index contributed by atoms with van der Waals surface area (Å²) >= 11 is 0. The predicted molar refractivity (Wildman–Crippen MR) is 201 cm³/mol. The molecule has 4 N–H and O–H groups in total. The van der Waals surface area contributed by atoms with Crippen molar-refractivity contribution in [2.75, 3.05) is 13.7 Å². The van der Waals surface area contributed by atoms with Crippen LogP contribution in [0.3, 0.4) is 0 Å². The molecule has 4 aliphatic heterocycles. The van der Waals surface area contributed by atoms with Crippen molar-refractivity contribution in [1.29, 1.82) is 0 Å². The second-order valence-corrected chi connectivity index (χ2v) is 17.8. The third-order valence-electron chi connectivity index (χ3n) is 11.9. The van der Waals surface area contributed by atoms with Gasteiger partial charge in [0.05, 0.1) is 22.9 Å². The van der Waals surface area contributed by atoms with Gasteiger partial charge in [0, 0.05) is 36.0 Å². The van der Waals surface area contributed by atoms with Gasteiger partial charge in [-0.15, -0.1) is 0 Å². The zero-order valence-electron chi connectivity index (χ0n) is 30.9. The number of carbonyl (C=O) groups excluding carboxylic acids is 3. The molecule has 3 fully saturated rings. The smallest absolute Gasteiger partial charge is 0.287 e. The van der Waals surface area contributed by atoms with Gasteiger partial charge in [-0.2, -0.15) is 0 Å². The van der Waals surface area contributed by atoms with E-state index in [0.717, 1.165) is 47.1 Å². The number of hydrogen-bond acceptors (Lipinski definition) is 9. The summed E-state index contributed by atoms with van der Waals surface area (Å²) in [7, 11) is -3.07. The van der Waals surface area contributed by atoms with Gasteiger partial charge >= 0.3 is 0 Å². The van der Waals surface area contributed by atoms with Gasteiger partial charge in [0.15, 0.2) is 0 Å². The lowest BCUT2D eigenvalue weighted by Crippen LogP contribution is -2.56. The minimum Gasteiger partial charge on any atom is -0.483 e. The Morgan fingerprint density at radius 2 is 1.80 bits per heavy atom. The summed E-state index contributed by atoms with van der Waals surface area (Å²) in [5, 5.41) is 10.8. The molecule has 2 aromatic carbocycles. The van der Waals surface area contributed by atoms with Crippen LogP contribution in [-0.2, 0) is 30.8 Å². The molecule has 1 aromatic heterocycles. The van der Waals surface area contributed by atoms with Gasteiger partial charge in [-0.1, -0.05) is 62.2 Å². The summed E-state index contributed by atoms with van der Waals surface area (Å²) in [5.74, 6) is -2.35. The van der Waals surface area contributed by atoms with Crippen molar-refractivity contribution in [3.63, 3.8) is 0 Å². The maximum atomic E-state index is 14.6. The molecule has 3 aromatic rings. The first kappa shape index (κ1) is 37.9. The lowest BCUT2D eigenvalue weighted by atomic mass is 9.86. The second kappa shape index (κ2) is 14.0. The summed E-state index contributed by atoms with van der Waals surface area (Å²) in [6, 6.07) is 11.9. The number of fused-ring (bicyclic) bond motifs is 4. The van der Waals surface area contributed by atoms with Crippen molar-refractivity contribution in [3.8, 4) is 17.0 Å². The average Bonchev–Trinajstić information content (AvgIpc) is 4.02. The van der Waals surface area contributed by atoms with E-state index < -0.39 is 67.6 Å². The molecule has 14 heteroatoms. The number of nitrogens with one attached hydrogen (secondary N) is 1. The topological polar surface area (TPSA) is 172 Å². The molecule has 8 rings (SSSR count). The molecule has 5 atom stereocenters. The summed E-state index contributed by atoms with van der Waals surface area (Å²) in [6.45, 7) is 3.40. The van der Waals surface area contributed by atoms with Crippen LogP contribution in [0, 0.1) is 11.7 Å². The number of pyridine rings is 1. The number of halogens is 1. The number of aromatic nitrogens is 1. The Balaban J connectivity index is 0.00000221. The number of nitrogens with zero attached hydrogens (tertiary/aromatic N) is 3. The first-order valence-corrected chi connectivity index (χ1v) is 20.2. The highest BCUT2D eigenvalue weighted by atomic mass is 32.2. The SMILES string of the molecule is CO.C[C@H]1/C=C\CCCCC[C@H](N)C(=O)N2C[C@@]3(CCc4c(c(-c5cccc(F)c5)nc5ccccc45)O3)CC2C(=O)N[C@@]12C(=O)N2S(=O)(=O)C1(C)CC1. The third-order valence-corrected chi connectivity index (χ3v) is 14.5. The van der Waals surface area contributed by atoms with Gasteiger partial charge in [0.2, 0.25) is 27.5 Å². The molecule has 1 saturated carbocycles. The summed E-state index contributed by atoms with van der Waals surface area (Å²) in [4.78, 5) is 48.9. The number of sulfonamides is 1. The van der Waals surface area contributed by atoms with Crippen LogP contribution in [-0.4, -0.2) is 87.2 Å². The maximum Gasteiger partial charge on any atom is 0.287 e. The molecule has 2 spiro atoms. The largest absolute Gasteiger partial charge is 0.483 e. The van der Waals surface area contributed by atoms with Crippen LogP contribution >= 0.6 is 0 Å².